The number of alkyl halides is 3. The summed E-state index contributed by atoms with van der Waals surface area (Å²) in [5.74, 6) is -1.50. The van der Waals surface area contributed by atoms with Crippen molar-refractivity contribution in [1.82, 2.24) is 15.0 Å². The number of halogens is 3. The second-order valence-corrected chi connectivity index (χ2v) is 14.1. The van der Waals surface area contributed by atoms with Gasteiger partial charge >= 0.3 is 6.18 Å². The molecular weight excluding hydrogens is 518 g/mol. The lowest BCUT2D eigenvalue weighted by molar-refractivity contribution is -0.136. The number of aromatic nitrogens is 3. The monoisotopic (exact) mass is 543 g/mol. The number of pyridine rings is 1. The quantitative estimate of drug-likeness (QED) is 0.417. The molecule has 194 valence electrons. The van der Waals surface area contributed by atoms with Crippen LogP contribution in [0.3, 0.4) is 0 Å². The summed E-state index contributed by atoms with van der Waals surface area (Å²) in [6, 6.07) is 8.14. The molecule has 0 unspecified atom stereocenters. The average Bonchev–Trinajstić information content (AvgIpc) is 2.76. The first-order chi connectivity index (χ1) is 16.6. The van der Waals surface area contributed by atoms with Gasteiger partial charge in [0.05, 0.1) is 34.2 Å². The Kier molecular flexibility index (Phi) is 7.39. The third-order valence-corrected chi connectivity index (χ3v) is 8.69. The summed E-state index contributed by atoms with van der Waals surface area (Å²) in [6.07, 6.45) is -4.99. The molecule has 0 aliphatic rings. The lowest BCUT2D eigenvalue weighted by Crippen LogP contribution is -2.18. The van der Waals surface area contributed by atoms with E-state index in [1.54, 1.807) is 0 Å². The lowest BCUT2D eigenvalue weighted by atomic mass is 10.1. The Labute approximate surface area is 206 Å². The maximum absolute atomic E-state index is 14.4. The minimum Gasteiger partial charge on any atom is -0.480 e. The number of sulfone groups is 1. The van der Waals surface area contributed by atoms with Crippen molar-refractivity contribution in [2.45, 2.75) is 30.2 Å². The first-order valence-corrected chi connectivity index (χ1v) is 14.7. The summed E-state index contributed by atoms with van der Waals surface area (Å²) in [5.41, 5.74) is 3.71. The van der Waals surface area contributed by atoms with Gasteiger partial charge in [-0.3, -0.25) is 0 Å². The van der Waals surface area contributed by atoms with E-state index in [2.05, 4.69) is 20.3 Å². The van der Waals surface area contributed by atoms with E-state index < -0.39 is 51.4 Å². The lowest BCUT2D eigenvalue weighted by Gasteiger charge is -2.20. The van der Waals surface area contributed by atoms with Gasteiger partial charge in [-0.2, -0.15) is 18.2 Å². The van der Waals surface area contributed by atoms with Crippen LogP contribution in [0.4, 0.5) is 30.6 Å². The third kappa shape index (κ3) is 5.46. The summed E-state index contributed by atoms with van der Waals surface area (Å²) in [4.78, 5) is 11.5. The number of nitrogens with zero attached hydrogens (tertiary/aromatic N) is 3. The smallest absolute Gasteiger partial charge is 0.422 e. The molecule has 2 aromatic heterocycles. The molecule has 0 spiro atoms. The van der Waals surface area contributed by atoms with Gasteiger partial charge in [-0.1, -0.05) is 12.1 Å². The van der Waals surface area contributed by atoms with Gasteiger partial charge in [0.15, 0.2) is 9.84 Å². The summed E-state index contributed by atoms with van der Waals surface area (Å²) in [6.45, 7) is 5.84. The molecule has 3 aromatic rings. The minimum atomic E-state index is -4.99. The van der Waals surface area contributed by atoms with Crippen LogP contribution in [0.15, 0.2) is 41.3 Å². The highest BCUT2D eigenvalue weighted by atomic mass is 32.2. The van der Waals surface area contributed by atoms with Crippen molar-refractivity contribution in [2.75, 3.05) is 31.5 Å². The Morgan fingerprint density at radius 1 is 1.06 bits per heavy atom. The summed E-state index contributed by atoms with van der Waals surface area (Å²) in [7, 11) is -5.50. The normalized spacial score (nSPS) is 12.6. The zero-order valence-corrected chi connectivity index (χ0v) is 21.8. The first-order valence-electron chi connectivity index (χ1n) is 10.5. The molecule has 0 aliphatic carbocycles. The molecule has 0 saturated carbocycles. The van der Waals surface area contributed by atoms with Crippen LogP contribution in [0.1, 0.15) is 19.4 Å². The molecule has 1 aromatic carbocycles. The number of hydrogen-bond acceptors (Lipinski definition) is 9. The van der Waals surface area contributed by atoms with Gasteiger partial charge in [0.2, 0.25) is 11.8 Å². The molecule has 3 N–H and O–H groups in total. The van der Waals surface area contributed by atoms with Gasteiger partial charge in [0, 0.05) is 0 Å². The second-order valence-electron chi connectivity index (χ2n) is 8.44. The molecule has 0 fully saturated rings. The van der Waals surface area contributed by atoms with Gasteiger partial charge in [0.1, 0.15) is 24.0 Å². The van der Waals surface area contributed by atoms with Gasteiger partial charge in [0.25, 0.3) is 0 Å². The number of anilines is 3. The van der Waals surface area contributed by atoms with Crippen LogP contribution in [0.5, 0.6) is 5.88 Å². The molecule has 0 bridgehead atoms. The topological polar surface area (TPSA) is 137 Å². The van der Waals surface area contributed by atoms with Gasteiger partial charge in [-0.15, -0.1) is 0 Å². The Morgan fingerprint density at radius 2 is 1.69 bits per heavy atom. The predicted molar refractivity (Wildman–Crippen MR) is 132 cm³/mol. The number of nitrogen functional groups attached to an aromatic ring is 1. The van der Waals surface area contributed by atoms with E-state index in [0.717, 1.165) is 0 Å². The van der Waals surface area contributed by atoms with Crippen molar-refractivity contribution in [3.8, 4) is 17.1 Å². The Bertz CT molecular complexity index is 1460. The Morgan fingerprint density at radius 3 is 2.25 bits per heavy atom. The van der Waals surface area contributed by atoms with Gasteiger partial charge in [-0.05, 0) is 51.4 Å². The van der Waals surface area contributed by atoms with Crippen LogP contribution in [0.2, 0.25) is 0 Å². The van der Waals surface area contributed by atoms with Crippen LogP contribution in [-0.4, -0.2) is 49.1 Å². The van der Waals surface area contributed by atoms with Crippen molar-refractivity contribution < 1.29 is 30.9 Å². The zero-order valence-electron chi connectivity index (χ0n) is 20.1. The van der Waals surface area contributed by atoms with E-state index in [-0.39, 0.29) is 27.5 Å². The average molecular weight is 544 g/mol. The SMILES string of the molecule is COc1nc(P(C)(C)=O)ccc1-c1nc(N)nc(Nc2ccccc2S(=O)(=O)C(C)C)c1C(F)(F)F. The number of hydrogen-bond donors (Lipinski definition) is 2. The molecule has 0 atom stereocenters. The summed E-state index contributed by atoms with van der Waals surface area (Å²) < 4.78 is 86.5. The second kappa shape index (κ2) is 9.70. The molecule has 3 rings (SSSR count). The molecule has 9 nitrogen and oxygen atoms in total. The maximum atomic E-state index is 14.4. The fourth-order valence-corrected chi connectivity index (χ4v) is 5.26. The molecule has 0 aliphatic heterocycles. The molecule has 2 heterocycles. The van der Waals surface area contributed by atoms with E-state index in [4.69, 9.17) is 10.5 Å². The minimum absolute atomic E-state index is 0.112. The van der Waals surface area contributed by atoms with Crippen LogP contribution < -0.4 is 21.2 Å². The van der Waals surface area contributed by atoms with E-state index in [9.17, 15) is 26.2 Å². The molecule has 0 saturated heterocycles. The van der Waals surface area contributed by atoms with Crippen molar-refractivity contribution >= 4 is 39.9 Å². The van der Waals surface area contributed by atoms with Gasteiger partial charge in [-0.25, -0.2) is 18.4 Å². The van der Waals surface area contributed by atoms with E-state index >= 15 is 0 Å². The summed E-state index contributed by atoms with van der Waals surface area (Å²) >= 11 is 0. The number of para-hydroxylation sites is 1. The number of nitrogens with two attached hydrogens (primary N) is 1. The molecule has 0 radical (unpaired) electrons. The molecule has 14 heteroatoms. The molecule has 36 heavy (non-hydrogen) atoms. The van der Waals surface area contributed by atoms with Crippen LogP contribution in [0.25, 0.3) is 11.3 Å². The number of nitrogens with one attached hydrogen (secondary N) is 1. The maximum Gasteiger partial charge on any atom is 0.422 e. The van der Waals surface area contributed by atoms with E-state index in [1.807, 2.05) is 0 Å². The summed E-state index contributed by atoms with van der Waals surface area (Å²) in [5, 5.41) is 1.67. The Hall–Kier alpha value is -3.18. The molecule has 0 amide bonds. The number of rotatable bonds is 7. The number of methoxy groups -OCH3 is 1. The van der Waals surface area contributed by atoms with Crippen molar-refractivity contribution in [3.63, 3.8) is 0 Å². The Balaban J connectivity index is 2.30. The highest BCUT2D eigenvalue weighted by molar-refractivity contribution is 7.92. The predicted octanol–water partition coefficient (Wildman–Crippen LogP) is 4.32. The van der Waals surface area contributed by atoms with E-state index in [0.29, 0.717) is 0 Å². The third-order valence-electron chi connectivity index (χ3n) is 5.12. The van der Waals surface area contributed by atoms with E-state index in [1.165, 1.54) is 70.7 Å². The van der Waals surface area contributed by atoms with Crippen LogP contribution in [-0.2, 0) is 20.6 Å². The van der Waals surface area contributed by atoms with Crippen molar-refractivity contribution in [3.05, 3.63) is 42.0 Å². The zero-order chi connectivity index (χ0) is 27.1. The van der Waals surface area contributed by atoms with Gasteiger partial charge < -0.3 is 20.4 Å². The number of ether oxygens (including phenoxy) is 1. The van der Waals surface area contributed by atoms with Crippen LogP contribution in [0, 0.1) is 0 Å². The highest BCUT2D eigenvalue weighted by Crippen LogP contribution is 2.44. The van der Waals surface area contributed by atoms with Crippen molar-refractivity contribution in [2.24, 2.45) is 0 Å². The van der Waals surface area contributed by atoms with Crippen LogP contribution >= 0.6 is 7.14 Å². The largest absolute Gasteiger partial charge is 0.480 e. The number of benzene rings is 1. The standard InChI is InChI=1S/C22H25F3N5O4PS/c1-12(2)36(32,33)15-9-7-6-8-14(15)27-19-17(22(23,24)25)18(29-21(26)30-19)13-10-11-16(35(4,5)31)28-20(13)34-3/h6-12H,1-5H3,(H3,26,27,29,30). The fraction of sp³-hybridized carbons (Fsp3) is 0.318. The van der Waals surface area contributed by atoms with Crippen molar-refractivity contribution in [1.29, 1.82) is 0 Å². The fourth-order valence-electron chi connectivity index (χ4n) is 3.30. The first kappa shape index (κ1) is 27.4. The highest BCUT2D eigenvalue weighted by Gasteiger charge is 2.40. The molecular formula is C22H25F3N5O4PS.